The molecule has 19 heavy (non-hydrogen) atoms. The highest BCUT2D eigenvalue weighted by atomic mass is 32.2. The fraction of sp³-hybridized carbons (Fsp3) is 0.385. The van der Waals surface area contributed by atoms with Gasteiger partial charge in [-0.1, -0.05) is 30.3 Å². The van der Waals surface area contributed by atoms with Gasteiger partial charge < -0.3 is 15.4 Å². The number of hydrogen-bond acceptors (Lipinski definition) is 5. The van der Waals surface area contributed by atoms with E-state index in [1.54, 1.807) is 16.7 Å². The molecule has 100 valence electrons. The van der Waals surface area contributed by atoms with Gasteiger partial charge in [-0.05, 0) is 5.56 Å². The van der Waals surface area contributed by atoms with E-state index in [9.17, 15) is 9.59 Å². The van der Waals surface area contributed by atoms with E-state index in [0.29, 0.717) is 5.75 Å². The predicted molar refractivity (Wildman–Crippen MR) is 71.1 cm³/mol. The lowest BCUT2D eigenvalue weighted by atomic mass is 10.1. The van der Waals surface area contributed by atoms with Crippen molar-refractivity contribution in [1.82, 2.24) is 4.90 Å². The number of amides is 1. The summed E-state index contributed by atoms with van der Waals surface area (Å²) < 4.78 is 5.26. The van der Waals surface area contributed by atoms with Gasteiger partial charge >= 0.3 is 5.97 Å². The van der Waals surface area contributed by atoms with E-state index < -0.39 is 12.1 Å². The van der Waals surface area contributed by atoms with Gasteiger partial charge in [0, 0.05) is 5.75 Å². The summed E-state index contributed by atoms with van der Waals surface area (Å²) in [7, 11) is 0. The molecule has 0 aliphatic carbocycles. The van der Waals surface area contributed by atoms with E-state index in [2.05, 4.69) is 0 Å². The zero-order chi connectivity index (χ0) is 13.4. The molecule has 0 spiro atoms. The first-order valence-corrected chi connectivity index (χ1v) is 7.13. The number of ether oxygens (including phenoxy) is 1. The Morgan fingerprint density at radius 2 is 2.16 bits per heavy atom. The summed E-state index contributed by atoms with van der Waals surface area (Å²) in [6.07, 6.45) is 0. The van der Waals surface area contributed by atoms with E-state index in [1.807, 2.05) is 30.3 Å². The molecule has 3 atom stereocenters. The van der Waals surface area contributed by atoms with Crippen LogP contribution in [0.1, 0.15) is 5.56 Å². The first-order chi connectivity index (χ1) is 9.18. The van der Waals surface area contributed by atoms with Gasteiger partial charge in [-0.15, -0.1) is 11.8 Å². The molecule has 2 fully saturated rings. The van der Waals surface area contributed by atoms with Crippen LogP contribution in [-0.4, -0.2) is 40.0 Å². The molecule has 6 heteroatoms. The largest absolute Gasteiger partial charge is 0.459 e. The van der Waals surface area contributed by atoms with E-state index in [-0.39, 0.29) is 23.9 Å². The lowest BCUT2D eigenvalue weighted by molar-refractivity contribution is -0.161. The minimum atomic E-state index is -0.481. The summed E-state index contributed by atoms with van der Waals surface area (Å²) in [6.45, 7) is 0.236. The molecule has 2 aliphatic heterocycles. The fourth-order valence-electron chi connectivity index (χ4n) is 2.30. The number of fused-ring (bicyclic) bond motifs is 1. The molecule has 2 saturated heterocycles. The maximum Gasteiger partial charge on any atom is 0.330 e. The van der Waals surface area contributed by atoms with Gasteiger partial charge in [0.1, 0.15) is 24.1 Å². The van der Waals surface area contributed by atoms with Gasteiger partial charge in [-0.25, -0.2) is 4.79 Å². The van der Waals surface area contributed by atoms with Crippen LogP contribution >= 0.6 is 11.8 Å². The van der Waals surface area contributed by atoms with Crippen molar-refractivity contribution in [2.75, 3.05) is 5.75 Å². The molecule has 0 bridgehead atoms. The molecule has 0 aromatic heterocycles. The SMILES string of the molecule is NC1C(=O)N2C(C(=O)OCc3ccccc3)CSC12. The van der Waals surface area contributed by atoms with Crippen LogP contribution in [0, 0.1) is 0 Å². The highest BCUT2D eigenvalue weighted by Gasteiger charge is 2.55. The van der Waals surface area contributed by atoms with E-state index in [4.69, 9.17) is 10.5 Å². The first-order valence-electron chi connectivity index (χ1n) is 6.08. The molecule has 1 aromatic rings. The molecule has 3 unspecified atom stereocenters. The molecule has 0 saturated carbocycles. The lowest BCUT2D eigenvalue weighted by Crippen LogP contribution is -2.68. The molecular weight excluding hydrogens is 264 g/mol. The van der Waals surface area contributed by atoms with Crippen molar-refractivity contribution in [3.05, 3.63) is 35.9 Å². The van der Waals surface area contributed by atoms with Crippen LogP contribution in [-0.2, 0) is 20.9 Å². The summed E-state index contributed by atoms with van der Waals surface area (Å²) >= 11 is 1.54. The number of nitrogens with zero attached hydrogens (tertiary/aromatic N) is 1. The van der Waals surface area contributed by atoms with Crippen LogP contribution in [0.25, 0.3) is 0 Å². The van der Waals surface area contributed by atoms with Gasteiger partial charge in [0.2, 0.25) is 5.91 Å². The molecular formula is C13H14N2O3S. The van der Waals surface area contributed by atoms with Gasteiger partial charge in [-0.2, -0.15) is 0 Å². The lowest BCUT2D eigenvalue weighted by Gasteiger charge is -2.41. The van der Waals surface area contributed by atoms with Crippen molar-refractivity contribution in [2.24, 2.45) is 5.73 Å². The number of β-lactam (4-membered cyclic amide) rings is 1. The van der Waals surface area contributed by atoms with Crippen LogP contribution < -0.4 is 5.73 Å². The Balaban J connectivity index is 1.58. The smallest absolute Gasteiger partial charge is 0.330 e. The van der Waals surface area contributed by atoms with Crippen LogP contribution in [0.5, 0.6) is 0 Å². The highest BCUT2D eigenvalue weighted by molar-refractivity contribution is 8.00. The molecule has 3 rings (SSSR count). The number of nitrogens with two attached hydrogens (primary N) is 1. The Morgan fingerprint density at radius 1 is 1.42 bits per heavy atom. The first kappa shape index (κ1) is 12.5. The summed E-state index contributed by atoms with van der Waals surface area (Å²) in [5, 5.41) is -0.0539. The number of thioether (sulfide) groups is 1. The zero-order valence-electron chi connectivity index (χ0n) is 10.2. The topological polar surface area (TPSA) is 72.6 Å². The molecule has 0 radical (unpaired) electrons. The van der Waals surface area contributed by atoms with Crippen molar-refractivity contribution in [2.45, 2.75) is 24.1 Å². The summed E-state index contributed by atoms with van der Waals surface area (Å²) in [6, 6.07) is 8.53. The van der Waals surface area contributed by atoms with Gasteiger partial charge in [0.25, 0.3) is 0 Å². The van der Waals surface area contributed by atoms with Gasteiger partial charge in [-0.3, -0.25) is 4.79 Å². The number of esters is 1. The molecule has 2 heterocycles. The van der Waals surface area contributed by atoms with E-state index >= 15 is 0 Å². The Bertz CT molecular complexity index is 508. The zero-order valence-corrected chi connectivity index (χ0v) is 11.0. The summed E-state index contributed by atoms with van der Waals surface area (Å²) in [4.78, 5) is 25.1. The van der Waals surface area contributed by atoms with Crippen LogP contribution in [0.3, 0.4) is 0 Å². The second-order valence-electron chi connectivity index (χ2n) is 4.60. The van der Waals surface area contributed by atoms with Crippen LogP contribution in [0.4, 0.5) is 0 Å². The van der Waals surface area contributed by atoms with E-state index in [1.165, 1.54) is 0 Å². The molecule has 1 amide bonds. The number of carbonyl (C=O) groups excluding carboxylic acids is 2. The third-order valence-corrected chi connectivity index (χ3v) is 4.75. The van der Waals surface area contributed by atoms with Gasteiger partial charge in [0.15, 0.2) is 0 Å². The minimum absolute atomic E-state index is 0.0539. The number of hydrogen-bond donors (Lipinski definition) is 1. The third-order valence-electron chi connectivity index (χ3n) is 3.38. The van der Waals surface area contributed by atoms with Crippen molar-refractivity contribution >= 4 is 23.6 Å². The normalized spacial score (nSPS) is 28.8. The predicted octanol–water partition coefficient (Wildman–Crippen LogP) is 0.341. The molecule has 5 nitrogen and oxygen atoms in total. The number of rotatable bonds is 3. The van der Waals surface area contributed by atoms with E-state index in [0.717, 1.165) is 5.56 Å². The van der Waals surface area contributed by atoms with Crippen molar-refractivity contribution in [3.63, 3.8) is 0 Å². The van der Waals surface area contributed by atoms with Crippen molar-refractivity contribution in [3.8, 4) is 0 Å². The fourth-order valence-corrected chi connectivity index (χ4v) is 3.71. The van der Waals surface area contributed by atoms with Crippen LogP contribution in [0.2, 0.25) is 0 Å². The molecule has 2 aliphatic rings. The number of carbonyl (C=O) groups is 2. The van der Waals surface area contributed by atoms with Crippen molar-refractivity contribution < 1.29 is 14.3 Å². The minimum Gasteiger partial charge on any atom is -0.459 e. The third kappa shape index (κ3) is 2.11. The average molecular weight is 278 g/mol. The second kappa shape index (κ2) is 4.86. The Morgan fingerprint density at radius 3 is 2.89 bits per heavy atom. The average Bonchev–Trinajstić information content (AvgIpc) is 2.86. The van der Waals surface area contributed by atoms with Gasteiger partial charge in [0.05, 0.1) is 0 Å². The molecule has 2 N–H and O–H groups in total. The summed E-state index contributed by atoms with van der Waals surface area (Å²) in [5.41, 5.74) is 6.61. The maximum absolute atomic E-state index is 12.0. The van der Waals surface area contributed by atoms with Crippen LogP contribution in [0.15, 0.2) is 30.3 Å². The standard InChI is InChI=1S/C13H14N2O3S/c14-10-11(16)15-9(7-19-12(10)15)13(17)18-6-8-4-2-1-3-5-8/h1-5,9-10,12H,6-7,14H2. The second-order valence-corrected chi connectivity index (χ2v) is 5.75. The maximum atomic E-state index is 12.0. The quantitative estimate of drug-likeness (QED) is 0.637. The Hall–Kier alpha value is -1.53. The Kier molecular flexibility index (Phi) is 3.20. The highest BCUT2D eigenvalue weighted by Crippen LogP contribution is 2.38. The molecule has 1 aromatic carbocycles. The number of benzene rings is 1. The van der Waals surface area contributed by atoms with Crippen molar-refractivity contribution in [1.29, 1.82) is 0 Å². The monoisotopic (exact) mass is 278 g/mol. The Labute approximate surface area is 115 Å². The summed E-state index contributed by atoms with van der Waals surface area (Å²) in [5.74, 6) is 0.0633.